The number of hydrogen-bond donors (Lipinski definition) is 2. The maximum Gasteiger partial charge on any atom is 0.330 e. The second-order valence-corrected chi connectivity index (χ2v) is 6.94. The highest BCUT2D eigenvalue weighted by molar-refractivity contribution is 6.05. The van der Waals surface area contributed by atoms with E-state index in [-0.39, 0.29) is 11.6 Å². The molecule has 30 heavy (non-hydrogen) atoms. The van der Waals surface area contributed by atoms with Crippen molar-refractivity contribution in [3.63, 3.8) is 0 Å². The van der Waals surface area contributed by atoms with Crippen LogP contribution in [0.3, 0.4) is 0 Å². The minimum atomic E-state index is -0.237. The quantitative estimate of drug-likeness (QED) is 0.568. The van der Waals surface area contributed by atoms with Crippen LogP contribution in [-0.4, -0.2) is 46.6 Å². The van der Waals surface area contributed by atoms with Crippen LogP contribution in [0.5, 0.6) is 5.75 Å². The first kappa shape index (κ1) is 21.4. The number of imidazole rings is 1. The minimum absolute atomic E-state index is 0.208. The van der Waals surface area contributed by atoms with Crippen LogP contribution in [0, 0.1) is 6.92 Å². The molecule has 0 aliphatic rings. The van der Waals surface area contributed by atoms with Gasteiger partial charge in [0.15, 0.2) is 0 Å². The van der Waals surface area contributed by atoms with Crippen molar-refractivity contribution >= 4 is 11.6 Å². The van der Waals surface area contributed by atoms with E-state index in [4.69, 9.17) is 4.74 Å². The molecule has 0 saturated heterocycles. The number of nitrogens with zero attached hydrogens (tertiary/aromatic N) is 2. The smallest absolute Gasteiger partial charge is 0.330 e. The molecule has 0 atom stereocenters. The third-order valence-corrected chi connectivity index (χ3v) is 5.04. The zero-order chi connectivity index (χ0) is 21.5. The zero-order valence-corrected chi connectivity index (χ0v) is 17.6. The molecular weight excluding hydrogens is 380 g/mol. The van der Waals surface area contributed by atoms with Gasteiger partial charge in [-0.3, -0.25) is 9.36 Å². The fraction of sp³-hybridized carbons (Fsp3) is 0.304. The molecule has 2 N–H and O–H groups in total. The fourth-order valence-electron chi connectivity index (χ4n) is 3.25. The van der Waals surface area contributed by atoms with Gasteiger partial charge in [-0.1, -0.05) is 26.0 Å². The molecule has 1 amide bonds. The molecule has 1 heterocycles. The minimum Gasteiger partial charge on any atom is -0.490 e. The summed E-state index contributed by atoms with van der Waals surface area (Å²) in [5, 5.41) is 2.92. The molecule has 0 spiro atoms. The Kier molecular flexibility index (Phi) is 7.08. The van der Waals surface area contributed by atoms with E-state index in [2.05, 4.69) is 29.0 Å². The molecule has 0 saturated carbocycles. The summed E-state index contributed by atoms with van der Waals surface area (Å²) in [5.74, 6) is 0.406. The number of carbonyl (C=O) groups excluding carboxylic acids is 1. The maximum absolute atomic E-state index is 12.7. The molecule has 2 aromatic carbocycles. The Bertz CT molecular complexity index is 1030. The van der Waals surface area contributed by atoms with Gasteiger partial charge in [-0.2, -0.15) is 0 Å². The molecule has 3 rings (SSSR count). The van der Waals surface area contributed by atoms with Gasteiger partial charge in [0.25, 0.3) is 5.91 Å². The van der Waals surface area contributed by atoms with Crippen LogP contribution >= 0.6 is 0 Å². The van der Waals surface area contributed by atoms with Crippen LogP contribution in [0.1, 0.15) is 29.9 Å². The van der Waals surface area contributed by atoms with Crippen LogP contribution in [0.15, 0.2) is 59.5 Å². The summed E-state index contributed by atoms with van der Waals surface area (Å²) in [4.78, 5) is 29.6. The highest BCUT2D eigenvalue weighted by Crippen LogP contribution is 2.24. The lowest BCUT2D eigenvalue weighted by Crippen LogP contribution is -2.28. The van der Waals surface area contributed by atoms with E-state index in [1.165, 1.54) is 0 Å². The Morgan fingerprint density at radius 3 is 2.43 bits per heavy atom. The first-order chi connectivity index (χ1) is 14.5. The van der Waals surface area contributed by atoms with Gasteiger partial charge in [-0.25, -0.2) is 4.79 Å². The Balaban J connectivity index is 1.68. The van der Waals surface area contributed by atoms with Gasteiger partial charge in [-0.15, -0.1) is 0 Å². The van der Waals surface area contributed by atoms with E-state index in [1.807, 2.05) is 31.2 Å². The molecule has 7 nitrogen and oxygen atoms in total. The summed E-state index contributed by atoms with van der Waals surface area (Å²) in [6.45, 7) is 9.41. The largest absolute Gasteiger partial charge is 0.490 e. The van der Waals surface area contributed by atoms with E-state index < -0.39 is 0 Å². The molecule has 158 valence electrons. The van der Waals surface area contributed by atoms with E-state index >= 15 is 0 Å². The van der Waals surface area contributed by atoms with Crippen LogP contribution in [0.25, 0.3) is 5.69 Å². The SMILES string of the molecule is CCN(CC)CCOc1ccccc1NC(=O)c1ccc(-n2c(C)c[nH]c2=O)cc1. The third-order valence-electron chi connectivity index (χ3n) is 5.04. The van der Waals surface area contributed by atoms with Crippen molar-refractivity contribution in [2.75, 3.05) is 31.6 Å². The second-order valence-electron chi connectivity index (χ2n) is 6.94. The number of rotatable bonds is 9. The molecule has 0 radical (unpaired) electrons. The highest BCUT2D eigenvalue weighted by Gasteiger charge is 2.11. The van der Waals surface area contributed by atoms with Gasteiger partial charge >= 0.3 is 5.69 Å². The summed E-state index contributed by atoms with van der Waals surface area (Å²) in [7, 11) is 0. The molecule has 0 bridgehead atoms. The molecule has 0 aliphatic heterocycles. The van der Waals surface area contributed by atoms with Gasteiger partial charge in [-0.05, 0) is 56.4 Å². The number of anilines is 1. The number of carbonyl (C=O) groups is 1. The molecule has 7 heteroatoms. The number of hydrogen-bond acceptors (Lipinski definition) is 4. The summed E-state index contributed by atoms with van der Waals surface area (Å²) < 4.78 is 7.46. The number of aryl methyl sites for hydroxylation is 1. The number of aromatic nitrogens is 2. The van der Waals surface area contributed by atoms with Gasteiger partial charge in [0, 0.05) is 24.0 Å². The summed E-state index contributed by atoms with van der Waals surface area (Å²) in [5.41, 5.74) is 2.42. The van der Waals surface area contributed by atoms with Crippen molar-refractivity contribution < 1.29 is 9.53 Å². The molecular formula is C23H28N4O3. The van der Waals surface area contributed by atoms with Gasteiger partial charge in [0.05, 0.1) is 11.4 Å². The van der Waals surface area contributed by atoms with E-state index in [0.29, 0.717) is 29.3 Å². The van der Waals surface area contributed by atoms with Crippen molar-refractivity contribution in [2.24, 2.45) is 0 Å². The lowest BCUT2D eigenvalue weighted by atomic mass is 10.2. The van der Waals surface area contributed by atoms with Crippen molar-refractivity contribution in [2.45, 2.75) is 20.8 Å². The van der Waals surface area contributed by atoms with Crippen LogP contribution in [0.4, 0.5) is 5.69 Å². The highest BCUT2D eigenvalue weighted by atomic mass is 16.5. The van der Waals surface area contributed by atoms with E-state index in [1.54, 1.807) is 35.0 Å². The Morgan fingerprint density at radius 2 is 1.80 bits per heavy atom. The Hall–Kier alpha value is -3.32. The predicted molar refractivity (Wildman–Crippen MR) is 119 cm³/mol. The van der Waals surface area contributed by atoms with Gasteiger partial charge in [0.1, 0.15) is 12.4 Å². The fourth-order valence-corrected chi connectivity index (χ4v) is 3.25. The number of nitrogens with one attached hydrogen (secondary N) is 2. The average molecular weight is 409 g/mol. The second kappa shape index (κ2) is 9.93. The topological polar surface area (TPSA) is 79.4 Å². The van der Waals surface area contributed by atoms with Crippen LogP contribution < -0.4 is 15.7 Å². The van der Waals surface area contributed by atoms with Crippen molar-refractivity contribution in [1.82, 2.24) is 14.5 Å². The van der Waals surface area contributed by atoms with E-state index in [0.717, 1.165) is 25.3 Å². The number of likely N-dealkylation sites (N-methyl/N-ethyl adjacent to an activating group) is 1. The number of ether oxygens (including phenoxy) is 1. The van der Waals surface area contributed by atoms with Gasteiger partial charge in [0.2, 0.25) is 0 Å². The summed E-state index contributed by atoms with van der Waals surface area (Å²) in [6.07, 6.45) is 1.65. The van der Waals surface area contributed by atoms with Crippen molar-refractivity contribution in [1.29, 1.82) is 0 Å². The van der Waals surface area contributed by atoms with Crippen LogP contribution in [-0.2, 0) is 0 Å². The normalized spacial score (nSPS) is 10.9. The number of aromatic amines is 1. The monoisotopic (exact) mass is 408 g/mol. The number of para-hydroxylation sites is 2. The number of benzene rings is 2. The third kappa shape index (κ3) is 4.99. The van der Waals surface area contributed by atoms with E-state index in [9.17, 15) is 9.59 Å². The molecule has 0 unspecified atom stereocenters. The summed E-state index contributed by atoms with van der Waals surface area (Å²) in [6, 6.07) is 14.3. The Labute approximate surface area is 176 Å². The van der Waals surface area contributed by atoms with Crippen molar-refractivity contribution in [3.05, 3.63) is 76.5 Å². The molecule has 3 aromatic rings. The molecule has 0 fully saturated rings. The van der Waals surface area contributed by atoms with Crippen molar-refractivity contribution in [3.8, 4) is 11.4 Å². The average Bonchev–Trinajstić information content (AvgIpc) is 3.10. The standard InChI is InChI=1S/C23H28N4O3/c1-4-26(5-2)14-15-30-21-9-7-6-8-20(21)25-22(28)18-10-12-19(13-11-18)27-17(3)16-24-23(27)29/h6-13,16H,4-5,14-15H2,1-3H3,(H,24,29)(H,25,28). The summed E-state index contributed by atoms with van der Waals surface area (Å²) >= 11 is 0. The first-order valence-corrected chi connectivity index (χ1v) is 10.2. The zero-order valence-electron chi connectivity index (χ0n) is 17.6. The van der Waals surface area contributed by atoms with Gasteiger partial charge < -0.3 is 19.9 Å². The number of H-pyrrole nitrogens is 1. The predicted octanol–water partition coefficient (Wildman–Crippen LogP) is 3.45. The Morgan fingerprint density at radius 1 is 1.10 bits per heavy atom. The first-order valence-electron chi connectivity index (χ1n) is 10.2. The molecule has 0 aliphatic carbocycles. The maximum atomic E-state index is 12.7. The lowest BCUT2D eigenvalue weighted by Gasteiger charge is -2.19. The number of amides is 1. The van der Waals surface area contributed by atoms with Crippen LogP contribution in [0.2, 0.25) is 0 Å². The lowest BCUT2D eigenvalue weighted by molar-refractivity contribution is 0.102. The molecule has 1 aromatic heterocycles.